The zero-order valence-electron chi connectivity index (χ0n) is 11.5. The molecule has 0 aliphatic heterocycles. The minimum atomic E-state index is 0.0419. The first-order valence-electron chi connectivity index (χ1n) is 5.96. The fourth-order valence-corrected chi connectivity index (χ4v) is 2.24. The maximum absolute atomic E-state index is 11.8. The molecule has 0 aromatic carbocycles. The molecule has 0 aliphatic carbocycles. The average Bonchev–Trinajstić information content (AvgIpc) is 2.81. The Hall–Kier alpha value is -1.20. The number of thiazole rings is 1. The van der Waals surface area contributed by atoms with E-state index in [1.807, 2.05) is 37.5 Å². The number of likely N-dealkylation sites (N-methyl/N-ethyl adjacent to an activating group) is 2. The van der Waals surface area contributed by atoms with Crippen molar-refractivity contribution in [2.45, 2.75) is 12.8 Å². The monoisotopic (exact) mass is 267 g/mol. The highest BCUT2D eigenvalue weighted by molar-refractivity contribution is 7.09. The minimum absolute atomic E-state index is 0.0419. The number of hydrogen-bond donors (Lipinski definition) is 0. The van der Waals surface area contributed by atoms with Crippen LogP contribution < -0.4 is 0 Å². The number of carbonyl (C=O) groups is 1. The Bertz CT molecular complexity index is 387. The summed E-state index contributed by atoms with van der Waals surface area (Å²) >= 11 is 1.63. The lowest BCUT2D eigenvalue weighted by molar-refractivity contribution is -0.125. The van der Waals surface area contributed by atoms with Gasteiger partial charge in [0.1, 0.15) is 0 Å². The fraction of sp³-hybridized carbons (Fsp3) is 0.538. The quantitative estimate of drug-likeness (QED) is 0.738. The highest BCUT2D eigenvalue weighted by atomic mass is 32.1. The van der Waals surface area contributed by atoms with Crippen LogP contribution in [0, 0.1) is 0 Å². The van der Waals surface area contributed by atoms with Gasteiger partial charge in [-0.1, -0.05) is 13.0 Å². The van der Waals surface area contributed by atoms with E-state index in [2.05, 4.69) is 11.9 Å². The summed E-state index contributed by atoms with van der Waals surface area (Å²) in [5, 5.41) is 3.04. The Morgan fingerprint density at radius 1 is 1.50 bits per heavy atom. The molecule has 1 aromatic heterocycles. The van der Waals surface area contributed by atoms with Crippen LogP contribution in [-0.2, 0) is 4.79 Å². The summed E-state index contributed by atoms with van der Waals surface area (Å²) < 4.78 is 0. The Balaban J connectivity index is 2.42. The van der Waals surface area contributed by atoms with Gasteiger partial charge in [0.15, 0.2) is 0 Å². The molecule has 0 saturated carbocycles. The van der Waals surface area contributed by atoms with Gasteiger partial charge in [-0.25, -0.2) is 4.98 Å². The van der Waals surface area contributed by atoms with Crippen molar-refractivity contribution in [1.29, 1.82) is 0 Å². The van der Waals surface area contributed by atoms with Crippen molar-refractivity contribution in [2.24, 2.45) is 0 Å². The molecule has 0 aliphatic rings. The third kappa shape index (κ3) is 4.98. The fourth-order valence-electron chi connectivity index (χ4n) is 1.55. The van der Waals surface area contributed by atoms with Gasteiger partial charge in [0.25, 0.3) is 0 Å². The minimum Gasteiger partial charge on any atom is -0.342 e. The second-order valence-electron chi connectivity index (χ2n) is 4.65. The molecular formula is C13H21N3OS. The van der Waals surface area contributed by atoms with Gasteiger partial charge in [-0.15, -0.1) is 11.3 Å². The molecule has 4 nitrogen and oxygen atoms in total. The molecule has 0 saturated heterocycles. The summed E-state index contributed by atoms with van der Waals surface area (Å²) in [5.74, 6) is 0.321. The topological polar surface area (TPSA) is 36.4 Å². The molecule has 1 heterocycles. The van der Waals surface area contributed by atoms with E-state index in [0.717, 1.165) is 11.6 Å². The molecule has 0 spiro atoms. The molecule has 18 heavy (non-hydrogen) atoms. The lowest BCUT2D eigenvalue weighted by Gasteiger charge is -2.19. The Morgan fingerprint density at radius 2 is 2.22 bits per heavy atom. The zero-order chi connectivity index (χ0) is 13.5. The largest absolute Gasteiger partial charge is 0.342 e. The van der Waals surface area contributed by atoms with E-state index in [1.165, 1.54) is 0 Å². The van der Waals surface area contributed by atoms with E-state index in [9.17, 15) is 4.79 Å². The van der Waals surface area contributed by atoms with E-state index >= 15 is 0 Å². The molecule has 1 rings (SSSR count). The first-order chi connectivity index (χ1) is 8.50. The predicted molar refractivity (Wildman–Crippen MR) is 75.9 cm³/mol. The molecule has 0 fully saturated rings. The molecule has 1 aromatic rings. The Labute approximate surface area is 113 Å². The van der Waals surface area contributed by atoms with Crippen LogP contribution in [0.2, 0.25) is 0 Å². The van der Waals surface area contributed by atoms with E-state index in [0.29, 0.717) is 6.54 Å². The van der Waals surface area contributed by atoms with E-state index in [-0.39, 0.29) is 11.8 Å². The van der Waals surface area contributed by atoms with Crippen molar-refractivity contribution in [3.63, 3.8) is 0 Å². The summed E-state index contributed by atoms with van der Waals surface area (Å²) in [4.78, 5) is 19.9. The Kier molecular flexibility index (Phi) is 6.01. The third-order valence-electron chi connectivity index (χ3n) is 2.53. The van der Waals surface area contributed by atoms with E-state index in [1.54, 1.807) is 28.5 Å². The first kappa shape index (κ1) is 14.9. The van der Waals surface area contributed by atoms with Crippen LogP contribution in [0.15, 0.2) is 23.7 Å². The number of amides is 1. The van der Waals surface area contributed by atoms with Gasteiger partial charge in [0.05, 0.1) is 5.01 Å². The average molecular weight is 267 g/mol. The van der Waals surface area contributed by atoms with Crippen LogP contribution in [0.5, 0.6) is 0 Å². The first-order valence-corrected chi connectivity index (χ1v) is 6.84. The lowest BCUT2D eigenvalue weighted by atomic mass is 10.2. The van der Waals surface area contributed by atoms with E-state index < -0.39 is 0 Å². The molecule has 1 atom stereocenters. The van der Waals surface area contributed by atoms with Crippen molar-refractivity contribution < 1.29 is 4.79 Å². The highest BCUT2D eigenvalue weighted by Gasteiger charge is 2.13. The van der Waals surface area contributed by atoms with Gasteiger partial charge < -0.3 is 9.80 Å². The zero-order valence-corrected chi connectivity index (χ0v) is 12.3. The van der Waals surface area contributed by atoms with Crippen LogP contribution in [0.3, 0.4) is 0 Å². The molecule has 0 radical (unpaired) electrons. The number of hydrogen-bond acceptors (Lipinski definition) is 4. The SMILES string of the molecule is CC(CN(C)C(=O)/C=C/CN(C)C)c1nccs1. The number of aromatic nitrogens is 1. The molecule has 5 heteroatoms. The van der Waals surface area contributed by atoms with Gasteiger partial charge in [0.2, 0.25) is 5.91 Å². The molecule has 1 unspecified atom stereocenters. The number of carbonyl (C=O) groups excluding carboxylic acids is 1. The molecule has 0 bridgehead atoms. The molecule has 100 valence electrons. The second kappa shape index (κ2) is 7.28. The highest BCUT2D eigenvalue weighted by Crippen LogP contribution is 2.18. The molecule has 1 amide bonds. The molecular weight excluding hydrogens is 246 g/mol. The van der Waals surface area contributed by atoms with Gasteiger partial charge in [-0.05, 0) is 14.1 Å². The maximum atomic E-state index is 11.8. The van der Waals surface area contributed by atoms with Crippen LogP contribution in [-0.4, -0.2) is 54.9 Å². The lowest BCUT2D eigenvalue weighted by Crippen LogP contribution is -2.29. The van der Waals surface area contributed by atoms with Crippen LogP contribution in [0.1, 0.15) is 17.8 Å². The summed E-state index contributed by atoms with van der Waals surface area (Å²) in [7, 11) is 5.78. The summed E-state index contributed by atoms with van der Waals surface area (Å²) in [5.41, 5.74) is 0. The van der Waals surface area contributed by atoms with Crippen LogP contribution >= 0.6 is 11.3 Å². The van der Waals surface area contributed by atoms with Gasteiger partial charge in [-0.2, -0.15) is 0 Å². The van der Waals surface area contributed by atoms with Crippen molar-refractivity contribution in [1.82, 2.24) is 14.8 Å². The second-order valence-corrected chi connectivity index (χ2v) is 5.58. The number of rotatable bonds is 6. The standard InChI is InChI=1S/C13H21N3OS/c1-11(13-14-7-9-18-13)10-16(4)12(17)6-5-8-15(2)3/h5-7,9,11H,8,10H2,1-4H3/b6-5+. The van der Waals surface area contributed by atoms with Gasteiger partial charge in [0, 0.05) is 43.7 Å². The number of nitrogens with zero attached hydrogens (tertiary/aromatic N) is 3. The van der Waals surface area contributed by atoms with Crippen LogP contribution in [0.4, 0.5) is 0 Å². The Morgan fingerprint density at radius 3 is 2.78 bits per heavy atom. The van der Waals surface area contributed by atoms with Gasteiger partial charge >= 0.3 is 0 Å². The normalized spacial score (nSPS) is 13.2. The smallest absolute Gasteiger partial charge is 0.246 e. The third-order valence-corrected chi connectivity index (χ3v) is 3.53. The summed E-state index contributed by atoms with van der Waals surface area (Å²) in [6.45, 7) is 3.56. The van der Waals surface area contributed by atoms with Crippen molar-refractivity contribution in [2.75, 3.05) is 34.2 Å². The van der Waals surface area contributed by atoms with Crippen molar-refractivity contribution >= 4 is 17.2 Å². The van der Waals surface area contributed by atoms with Crippen molar-refractivity contribution in [3.8, 4) is 0 Å². The predicted octanol–water partition coefficient (Wildman–Crippen LogP) is 1.82. The molecule has 0 N–H and O–H groups in total. The van der Waals surface area contributed by atoms with Gasteiger partial charge in [-0.3, -0.25) is 4.79 Å². The van der Waals surface area contributed by atoms with Crippen molar-refractivity contribution in [3.05, 3.63) is 28.7 Å². The van der Waals surface area contributed by atoms with Crippen LogP contribution in [0.25, 0.3) is 0 Å². The maximum Gasteiger partial charge on any atom is 0.246 e. The summed E-state index contributed by atoms with van der Waals surface area (Å²) in [6.07, 6.45) is 5.32. The van der Waals surface area contributed by atoms with E-state index in [4.69, 9.17) is 0 Å². The summed E-state index contributed by atoms with van der Waals surface area (Å²) in [6, 6.07) is 0.